The lowest BCUT2D eigenvalue weighted by molar-refractivity contribution is -0.132. The summed E-state index contributed by atoms with van der Waals surface area (Å²) >= 11 is 0. The summed E-state index contributed by atoms with van der Waals surface area (Å²) in [6.45, 7) is 7.52. The summed E-state index contributed by atoms with van der Waals surface area (Å²) < 4.78 is 11.3. The Morgan fingerprint density at radius 1 is 1.12 bits per heavy atom. The maximum atomic E-state index is 12.1. The van der Waals surface area contributed by atoms with Crippen LogP contribution < -0.4 is 10.1 Å². The summed E-state index contributed by atoms with van der Waals surface area (Å²) in [5.74, 6) is 0.996. The molecule has 0 aliphatic rings. The van der Waals surface area contributed by atoms with Gasteiger partial charge >= 0.3 is 0 Å². The molecule has 0 aliphatic carbocycles. The first-order valence-corrected chi connectivity index (χ1v) is 9.05. The van der Waals surface area contributed by atoms with Crippen LogP contribution in [0, 0.1) is 5.92 Å². The van der Waals surface area contributed by atoms with E-state index in [-0.39, 0.29) is 5.91 Å². The standard InChI is InChI=1S/C21H28N2O3/c1-16(2)10-12-25-17(3)21(24)23-14-19-9-11-22-20(13-19)26-15-18-7-5-4-6-8-18/h4-9,11,13,16-17H,10,12,14-15H2,1-3H3,(H,23,24). The number of pyridine rings is 1. The van der Waals surface area contributed by atoms with E-state index in [1.54, 1.807) is 13.1 Å². The topological polar surface area (TPSA) is 60.5 Å². The molecule has 5 heteroatoms. The lowest BCUT2D eigenvalue weighted by Gasteiger charge is -2.14. The van der Waals surface area contributed by atoms with Crippen molar-refractivity contribution in [1.29, 1.82) is 0 Å². The third-order valence-electron chi connectivity index (χ3n) is 3.93. The predicted molar refractivity (Wildman–Crippen MR) is 102 cm³/mol. The maximum Gasteiger partial charge on any atom is 0.249 e. The zero-order valence-corrected chi connectivity index (χ0v) is 15.8. The number of ether oxygens (including phenoxy) is 2. The number of nitrogens with zero attached hydrogens (tertiary/aromatic N) is 1. The van der Waals surface area contributed by atoms with Gasteiger partial charge in [0.2, 0.25) is 11.8 Å². The van der Waals surface area contributed by atoms with Crippen molar-refractivity contribution in [1.82, 2.24) is 10.3 Å². The summed E-state index contributed by atoms with van der Waals surface area (Å²) in [6.07, 6.45) is 2.18. The number of aromatic nitrogens is 1. The average molecular weight is 356 g/mol. The Morgan fingerprint density at radius 3 is 2.62 bits per heavy atom. The molecule has 0 saturated carbocycles. The molecular weight excluding hydrogens is 328 g/mol. The van der Waals surface area contributed by atoms with Crippen LogP contribution >= 0.6 is 0 Å². The fourth-order valence-electron chi connectivity index (χ4n) is 2.26. The van der Waals surface area contributed by atoms with Gasteiger partial charge in [0.15, 0.2) is 0 Å². The molecule has 0 bridgehead atoms. The van der Waals surface area contributed by atoms with Gasteiger partial charge < -0.3 is 14.8 Å². The predicted octanol–water partition coefficient (Wildman–Crippen LogP) is 3.73. The lowest BCUT2D eigenvalue weighted by atomic mass is 10.1. The van der Waals surface area contributed by atoms with Crippen LogP contribution in [-0.4, -0.2) is 23.6 Å². The first-order chi connectivity index (χ1) is 12.5. The molecule has 0 fully saturated rings. The first kappa shape index (κ1) is 19.9. The van der Waals surface area contributed by atoms with Crippen molar-refractivity contribution in [2.24, 2.45) is 5.92 Å². The van der Waals surface area contributed by atoms with Crippen LogP contribution in [-0.2, 0) is 22.7 Å². The van der Waals surface area contributed by atoms with Gasteiger partial charge in [0, 0.05) is 25.4 Å². The highest BCUT2D eigenvalue weighted by Crippen LogP contribution is 2.12. The first-order valence-electron chi connectivity index (χ1n) is 9.05. The van der Waals surface area contributed by atoms with E-state index in [2.05, 4.69) is 24.1 Å². The largest absolute Gasteiger partial charge is 0.473 e. The number of benzene rings is 1. The van der Waals surface area contributed by atoms with Crippen LogP contribution in [0.25, 0.3) is 0 Å². The van der Waals surface area contributed by atoms with E-state index < -0.39 is 6.10 Å². The summed E-state index contributed by atoms with van der Waals surface area (Å²) in [4.78, 5) is 16.3. The zero-order valence-electron chi connectivity index (χ0n) is 15.8. The van der Waals surface area contributed by atoms with Crippen molar-refractivity contribution in [2.45, 2.75) is 46.4 Å². The van der Waals surface area contributed by atoms with Gasteiger partial charge in [-0.3, -0.25) is 4.79 Å². The minimum Gasteiger partial charge on any atom is -0.473 e. The molecule has 5 nitrogen and oxygen atoms in total. The van der Waals surface area contributed by atoms with Crippen LogP contribution in [0.4, 0.5) is 0 Å². The Kier molecular flexibility index (Phi) is 8.09. The number of carbonyl (C=O) groups excluding carboxylic acids is 1. The van der Waals surface area contributed by atoms with Crippen LogP contribution in [0.2, 0.25) is 0 Å². The third kappa shape index (κ3) is 7.23. The molecule has 1 aromatic carbocycles. The van der Waals surface area contributed by atoms with Crippen molar-refractivity contribution < 1.29 is 14.3 Å². The van der Waals surface area contributed by atoms with E-state index in [1.165, 1.54) is 0 Å². The highest BCUT2D eigenvalue weighted by molar-refractivity contribution is 5.80. The molecule has 0 spiro atoms. The van der Waals surface area contributed by atoms with Gasteiger partial charge in [-0.15, -0.1) is 0 Å². The van der Waals surface area contributed by atoms with Crippen molar-refractivity contribution in [3.63, 3.8) is 0 Å². The van der Waals surface area contributed by atoms with Crippen molar-refractivity contribution in [3.8, 4) is 5.88 Å². The number of rotatable bonds is 10. The van der Waals surface area contributed by atoms with Gasteiger partial charge in [0.05, 0.1) is 0 Å². The summed E-state index contributed by atoms with van der Waals surface area (Å²) in [5.41, 5.74) is 2.02. The Labute approximate surface area is 155 Å². The normalized spacial score (nSPS) is 12.0. The lowest BCUT2D eigenvalue weighted by Crippen LogP contribution is -2.34. The van der Waals surface area contributed by atoms with Gasteiger partial charge in [-0.2, -0.15) is 0 Å². The Hall–Kier alpha value is -2.40. The maximum absolute atomic E-state index is 12.1. The minimum atomic E-state index is -0.454. The van der Waals surface area contributed by atoms with Crippen LogP contribution in [0.1, 0.15) is 38.3 Å². The van der Waals surface area contributed by atoms with Crippen LogP contribution in [0.15, 0.2) is 48.7 Å². The number of amides is 1. The molecule has 0 aliphatic heterocycles. The minimum absolute atomic E-state index is 0.114. The highest BCUT2D eigenvalue weighted by atomic mass is 16.5. The SMILES string of the molecule is CC(C)CCOC(C)C(=O)NCc1ccnc(OCc2ccccc2)c1. The molecule has 1 heterocycles. The molecule has 1 amide bonds. The molecule has 140 valence electrons. The van der Waals surface area contributed by atoms with Gasteiger partial charge in [-0.05, 0) is 36.5 Å². The molecule has 0 radical (unpaired) electrons. The van der Waals surface area contributed by atoms with Crippen molar-refractivity contribution >= 4 is 5.91 Å². The van der Waals surface area contributed by atoms with Gasteiger partial charge in [0.25, 0.3) is 0 Å². The molecule has 1 unspecified atom stereocenters. The van der Waals surface area contributed by atoms with Crippen LogP contribution in [0.3, 0.4) is 0 Å². The second kappa shape index (κ2) is 10.6. The molecule has 2 rings (SSSR count). The summed E-state index contributed by atoms with van der Waals surface area (Å²) in [7, 11) is 0. The molecule has 0 saturated heterocycles. The fraction of sp³-hybridized carbons (Fsp3) is 0.429. The third-order valence-corrected chi connectivity index (χ3v) is 3.93. The molecule has 1 aromatic heterocycles. The van der Waals surface area contributed by atoms with Gasteiger partial charge in [-0.25, -0.2) is 4.98 Å². The van der Waals surface area contributed by atoms with Crippen LogP contribution in [0.5, 0.6) is 5.88 Å². The number of hydrogen-bond acceptors (Lipinski definition) is 4. The summed E-state index contributed by atoms with van der Waals surface area (Å²) in [6, 6.07) is 13.6. The highest BCUT2D eigenvalue weighted by Gasteiger charge is 2.13. The number of carbonyl (C=O) groups is 1. The van der Waals surface area contributed by atoms with E-state index in [0.717, 1.165) is 17.5 Å². The molecule has 2 aromatic rings. The molecule has 1 N–H and O–H groups in total. The number of hydrogen-bond donors (Lipinski definition) is 1. The Bertz CT molecular complexity index is 674. The molecule has 1 atom stereocenters. The monoisotopic (exact) mass is 356 g/mol. The Balaban J connectivity index is 1.77. The van der Waals surface area contributed by atoms with E-state index in [0.29, 0.717) is 31.6 Å². The zero-order chi connectivity index (χ0) is 18.8. The number of nitrogens with one attached hydrogen (secondary N) is 1. The quantitative estimate of drug-likeness (QED) is 0.705. The van der Waals surface area contributed by atoms with Gasteiger partial charge in [-0.1, -0.05) is 44.2 Å². The summed E-state index contributed by atoms with van der Waals surface area (Å²) in [5, 5.41) is 2.89. The van der Waals surface area contributed by atoms with E-state index in [4.69, 9.17) is 9.47 Å². The Morgan fingerprint density at radius 2 is 1.88 bits per heavy atom. The van der Waals surface area contributed by atoms with Crippen molar-refractivity contribution in [2.75, 3.05) is 6.61 Å². The second-order valence-electron chi connectivity index (χ2n) is 6.69. The smallest absolute Gasteiger partial charge is 0.249 e. The van der Waals surface area contributed by atoms with Gasteiger partial charge in [0.1, 0.15) is 12.7 Å². The van der Waals surface area contributed by atoms with E-state index in [9.17, 15) is 4.79 Å². The van der Waals surface area contributed by atoms with Crippen molar-refractivity contribution in [3.05, 3.63) is 59.8 Å². The fourth-order valence-corrected chi connectivity index (χ4v) is 2.26. The van der Waals surface area contributed by atoms with E-state index >= 15 is 0 Å². The average Bonchev–Trinajstić information content (AvgIpc) is 2.65. The van der Waals surface area contributed by atoms with E-state index in [1.807, 2.05) is 42.5 Å². The molecular formula is C21H28N2O3. The molecule has 26 heavy (non-hydrogen) atoms. The second-order valence-corrected chi connectivity index (χ2v) is 6.69.